The van der Waals surface area contributed by atoms with Crippen LogP contribution in [-0.2, 0) is 16.4 Å². The van der Waals surface area contributed by atoms with Crippen molar-refractivity contribution in [3.05, 3.63) is 102 Å². The van der Waals surface area contributed by atoms with Gasteiger partial charge in [0.2, 0.25) is 10.0 Å². The van der Waals surface area contributed by atoms with Crippen molar-refractivity contribution in [3.63, 3.8) is 0 Å². The maximum absolute atomic E-state index is 12.8. The molecule has 0 aliphatic carbocycles. The number of hydrogen-bond donors (Lipinski definition) is 1. The van der Waals surface area contributed by atoms with E-state index in [1.165, 1.54) is 0 Å². The monoisotopic (exact) mass is 351 g/mol. The molecule has 3 aromatic rings. The third-order valence-corrected chi connectivity index (χ3v) is 5.60. The lowest BCUT2D eigenvalue weighted by molar-refractivity contribution is 0.555. The normalized spacial score (nSPS) is 12.7. The van der Waals surface area contributed by atoms with E-state index in [1.807, 2.05) is 79.7 Å². The minimum Gasteiger partial charge on any atom is -0.207 e. The average molecular weight is 351 g/mol. The fraction of sp³-hybridized carbons (Fsp3) is 0.143. The van der Waals surface area contributed by atoms with Crippen LogP contribution in [0.4, 0.5) is 0 Å². The van der Waals surface area contributed by atoms with Gasteiger partial charge in [-0.3, -0.25) is 0 Å². The average Bonchev–Trinajstić information content (AvgIpc) is 2.63. The summed E-state index contributed by atoms with van der Waals surface area (Å²) in [5, 5.41) is 0. The van der Waals surface area contributed by atoms with Crippen molar-refractivity contribution in [3.8, 4) is 0 Å². The molecule has 1 N–H and O–H groups in total. The topological polar surface area (TPSA) is 46.2 Å². The maximum Gasteiger partial charge on any atom is 0.241 e. The highest BCUT2D eigenvalue weighted by Crippen LogP contribution is 2.21. The molecule has 128 valence electrons. The SMILES string of the molecule is Cc1ccc(S(=O)(=O)N[C@H](Cc2ccccc2)c2ccccc2)cc1. The Kier molecular flexibility index (Phi) is 5.31. The summed E-state index contributed by atoms with van der Waals surface area (Å²) < 4.78 is 28.5. The van der Waals surface area contributed by atoms with Gasteiger partial charge in [0.1, 0.15) is 0 Å². The Morgan fingerprint density at radius 1 is 0.800 bits per heavy atom. The van der Waals surface area contributed by atoms with Gasteiger partial charge < -0.3 is 0 Å². The summed E-state index contributed by atoms with van der Waals surface area (Å²) in [4.78, 5) is 0.284. The van der Waals surface area contributed by atoms with Gasteiger partial charge in [0.15, 0.2) is 0 Å². The van der Waals surface area contributed by atoms with Crippen molar-refractivity contribution >= 4 is 10.0 Å². The van der Waals surface area contributed by atoms with Crippen molar-refractivity contribution in [1.29, 1.82) is 0 Å². The molecular weight excluding hydrogens is 330 g/mol. The van der Waals surface area contributed by atoms with Gasteiger partial charge in [-0.25, -0.2) is 13.1 Å². The van der Waals surface area contributed by atoms with Crippen LogP contribution >= 0.6 is 0 Å². The van der Waals surface area contributed by atoms with Crippen molar-refractivity contribution in [2.75, 3.05) is 0 Å². The number of hydrogen-bond acceptors (Lipinski definition) is 2. The van der Waals surface area contributed by atoms with Gasteiger partial charge in [-0.2, -0.15) is 0 Å². The Balaban J connectivity index is 1.90. The highest BCUT2D eigenvalue weighted by Gasteiger charge is 2.21. The molecule has 0 spiro atoms. The molecule has 1 atom stereocenters. The quantitative estimate of drug-likeness (QED) is 0.721. The molecule has 0 fully saturated rings. The van der Waals surface area contributed by atoms with Gasteiger partial charge in [0.05, 0.1) is 10.9 Å². The zero-order valence-corrected chi connectivity index (χ0v) is 14.9. The van der Waals surface area contributed by atoms with E-state index in [9.17, 15) is 8.42 Å². The van der Waals surface area contributed by atoms with E-state index in [4.69, 9.17) is 0 Å². The summed E-state index contributed by atoms with van der Waals surface area (Å²) in [5.74, 6) is 0. The first kappa shape index (κ1) is 17.4. The second kappa shape index (κ2) is 7.64. The predicted molar refractivity (Wildman–Crippen MR) is 101 cm³/mol. The van der Waals surface area contributed by atoms with Gasteiger partial charge in [0, 0.05) is 0 Å². The molecule has 0 radical (unpaired) electrons. The summed E-state index contributed by atoms with van der Waals surface area (Å²) in [5.41, 5.74) is 3.06. The largest absolute Gasteiger partial charge is 0.241 e. The molecule has 3 aromatic carbocycles. The zero-order chi connectivity index (χ0) is 17.7. The van der Waals surface area contributed by atoms with Crippen LogP contribution in [0.3, 0.4) is 0 Å². The molecule has 0 bridgehead atoms. The van der Waals surface area contributed by atoms with Crippen LogP contribution in [0, 0.1) is 6.92 Å². The van der Waals surface area contributed by atoms with Crippen LogP contribution < -0.4 is 4.72 Å². The molecule has 0 aliphatic heterocycles. The first-order valence-corrected chi connectivity index (χ1v) is 9.71. The Morgan fingerprint density at radius 3 is 1.96 bits per heavy atom. The van der Waals surface area contributed by atoms with Crippen molar-refractivity contribution in [2.45, 2.75) is 24.3 Å². The van der Waals surface area contributed by atoms with Gasteiger partial charge in [-0.1, -0.05) is 78.4 Å². The third kappa shape index (κ3) is 4.56. The Morgan fingerprint density at radius 2 is 1.36 bits per heavy atom. The molecule has 0 aliphatic rings. The molecule has 3 nitrogen and oxygen atoms in total. The molecule has 0 heterocycles. The lowest BCUT2D eigenvalue weighted by atomic mass is 10.00. The van der Waals surface area contributed by atoms with E-state index in [0.717, 1.165) is 16.7 Å². The summed E-state index contributed by atoms with van der Waals surface area (Å²) in [6, 6.07) is 26.2. The number of aryl methyl sites for hydroxylation is 1. The van der Waals surface area contributed by atoms with Crippen LogP contribution in [-0.4, -0.2) is 8.42 Å². The minimum atomic E-state index is -3.59. The zero-order valence-electron chi connectivity index (χ0n) is 14.1. The van der Waals surface area contributed by atoms with Gasteiger partial charge in [0.25, 0.3) is 0 Å². The van der Waals surface area contributed by atoms with E-state index in [2.05, 4.69) is 4.72 Å². The predicted octanol–water partition coefficient (Wildman–Crippen LogP) is 4.26. The van der Waals surface area contributed by atoms with Crippen LogP contribution in [0.5, 0.6) is 0 Å². The minimum absolute atomic E-state index is 0.284. The van der Waals surface area contributed by atoms with Crippen LogP contribution in [0.15, 0.2) is 89.8 Å². The number of nitrogens with one attached hydrogen (secondary N) is 1. The highest BCUT2D eigenvalue weighted by molar-refractivity contribution is 7.89. The summed E-state index contributed by atoms with van der Waals surface area (Å²) in [6.45, 7) is 1.94. The summed E-state index contributed by atoms with van der Waals surface area (Å²) in [6.07, 6.45) is 0.593. The Hall–Kier alpha value is -2.43. The fourth-order valence-electron chi connectivity index (χ4n) is 2.74. The first-order chi connectivity index (χ1) is 12.0. The smallest absolute Gasteiger partial charge is 0.207 e. The van der Waals surface area contributed by atoms with E-state index in [-0.39, 0.29) is 10.9 Å². The van der Waals surface area contributed by atoms with E-state index >= 15 is 0 Å². The number of rotatable bonds is 6. The molecule has 25 heavy (non-hydrogen) atoms. The van der Waals surface area contributed by atoms with Crippen LogP contribution in [0.25, 0.3) is 0 Å². The molecule has 0 aromatic heterocycles. The number of benzene rings is 3. The van der Waals surface area contributed by atoms with Crippen LogP contribution in [0.1, 0.15) is 22.7 Å². The molecule has 0 unspecified atom stereocenters. The summed E-state index contributed by atoms with van der Waals surface area (Å²) in [7, 11) is -3.59. The maximum atomic E-state index is 12.8. The second-order valence-electron chi connectivity index (χ2n) is 6.09. The van der Waals surface area contributed by atoms with Crippen molar-refractivity contribution in [2.24, 2.45) is 0 Å². The Labute approximate surface area is 149 Å². The lowest BCUT2D eigenvalue weighted by Gasteiger charge is -2.19. The van der Waals surface area contributed by atoms with E-state index in [1.54, 1.807) is 12.1 Å². The molecule has 0 amide bonds. The number of sulfonamides is 1. The lowest BCUT2D eigenvalue weighted by Crippen LogP contribution is -2.30. The van der Waals surface area contributed by atoms with E-state index in [0.29, 0.717) is 6.42 Å². The Bertz CT molecular complexity index is 905. The van der Waals surface area contributed by atoms with Gasteiger partial charge in [-0.05, 0) is 36.6 Å². The first-order valence-electron chi connectivity index (χ1n) is 8.22. The van der Waals surface area contributed by atoms with Crippen molar-refractivity contribution in [1.82, 2.24) is 4.72 Å². The molecule has 0 saturated carbocycles. The third-order valence-electron chi connectivity index (χ3n) is 4.11. The standard InChI is InChI=1S/C21H21NO2S/c1-17-12-14-20(15-13-17)25(23,24)22-21(19-10-6-3-7-11-19)16-18-8-4-2-5-9-18/h2-15,21-22H,16H2,1H3/t21-/m1/s1. The molecular formula is C21H21NO2S. The van der Waals surface area contributed by atoms with E-state index < -0.39 is 10.0 Å². The molecule has 4 heteroatoms. The second-order valence-corrected chi connectivity index (χ2v) is 7.80. The van der Waals surface area contributed by atoms with Crippen molar-refractivity contribution < 1.29 is 8.42 Å². The summed E-state index contributed by atoms with van der Waals surface area (Å²) >= 11 is 0. The molecule has 3 rings (SSSR count). The molecule has 0 saturated heterocycles. The highest BCUT2D eigenvalue weighted by atomic mass is 32.2. The van der Waals surface area contributed by atoms with Crippen LogP contribution in [0.2, 0.25) is 0 Å². The fourth-order valence-corrected chi connectivity index (χ4v) is 3.96. The van der Waals surface area contributed by atoms with Gasteiger partial charge >= 0.3 is 0 Å². The van der Waals surface area contributed by atoms with Gasteiger partial charge in [-0.15, -0.1) is 0 Å².